The molecule has 0 aromatic heterocycles. The van der Waals surface area contributed by atoms with E-state index in [9.17, 15) is 39.7 Å². The van der Waals surface area contributed by atoms with E-state index in [-0.39, 0.29) is 90.5 Å². The molecule has 0 bridgehead atoms. The zero-order valence-corrected chi connectivity index (χ0v) is 44.4. The van der Waals surface area contributed by atoms with Gasteiger partial charge >= 0.3 is 0 Å². The summed E-state index contributed by atoms with van der Waals surface area (Å²) < 4.78 is 98.8. The van der Waals surface area contributed by atoms with Crippen molar-refractivity contribution in [2.24, 2.45) is 15.8 Å². The fourth-order valence-corrected chi connectivity index (χ4v) is 10.6. The molecule has 70 heavy (non-hydrogen) atoms. The van der Waals surface area contributed by atoms with Crippen LogP contribution in [0.1, 0.15) is 87.8 Å². The van der Waals surface area contributed by atoms with Crippen LogP contribution in [-0.2, 0) is 41.0 Å². The Morgan fingerprint density at radius 2 is 1.27 bits per heavy atom. The van der Waals surface area contributed by atoms with Gasteiger partial charge in [-0.2, -0.15) is 8.42 Å². The van der Waals surface area contributed by atoms with Crippen LogP contribution in [0.3, 0.4) is 0 Å². The topological polar surface area (TPSA) is 237 Å². The first-order chi connectivity index (χ1) is 32.3. The van der Waals surface area contributed by atoms with E-state index in [0.29, 0.717) is 39.4 Å². The largest absolute Gasteiger partial charge is 0.456 e. The molecule has 1 atom stereocenters. The molecule has 0 spiro atoms. The highest BCUT2D eigenvalue weighted by molar-refractivity contribution is 7.89. The summed E-state index contributed by atoms with van der Waals surface area (Å²) in [5.74, 6) is -0.330. The molecule has 6 N–H and O–H groups in total. The highest BCUT2D eigenvalue weighted by atomic mass is 32.2. The van der Waals surface area contributed by atoms with E-state index in [1.807, 2.05) is 88.3 Å². The first-order valence-corrected chi connectivity index (χ1v) is 26.4. The fraction of sp³-hybridized carbons (Fsp3) is 0.353. The van der Waals surface area contributed by atoms with Crippen LogP contribution in [0.5, 0.6) is 0 Å². The third kappa shape index (κ3) is 11.5. The van der Waals surface area contributed by atoms with E-state index in [2.05, 4.69) is 20.7 Å². The average Bonchev–Trinajstić information content (AvgIpc) is 3.23. The van der Waals surface area contributed by atoms with Crippen molar-refractivity contribution in [1.29, 1.82) is 0 Å². The number of carbonyl (C=O) groups is 2. The minimum atomic E-state index is -4.92. The van der Waals surface area contributed by atoms with E-state index in [1.165, 1.54) is 50.5 Å². The molecule has 16 nitrogen and oxygen atoms in total. The number of nitrogens with one attached hydrogen (secondary N) is 4. The minimum Gasteiger partial charge on any atom is -0.456 e. The van der Waals surface area contributed by atoms with E-state index < -0.39 is 36.3 Å². The molecular formula is C51H62N6O10S3. The lowest BCUT2D eigenvalue weighted by Crippen LogP contribution is -2.26. The summed E-state index contributed by atoms with van der Waals surface area (Å²) in [6.07, 6.45) is 0.509. The number of benzene rings is 5. The maximum atomic E-state index is 14.1. The van der Waals surface area contributed by atoms with Gasteiger partial charge in [-0.3, -0.25) is 23.0 Å². The average molecular weight is 1020 g/mol. The van der Waals surface area contributed by atoms with Crippen molar-refractivity contribution in [3.8, 4) is 22.5 Å². The van der Waals surface area contributed by atoms with Crippen LogP contribution in [0, 0.1) is 52.4 Å². The van der Waals surface area contributed by atoms with Gasteiger partial charge < -0.3 is 20.4 Å². The second-order valence-electron chi connectivity index (χ2n) is 20.1. The van der Waals surface area contributed by atoms with Crippen LogP contribution in [-0.4, -0.2) is 56.1 Å². The number of anilines is 5. The van der Waals surface area contributed by atoms with Crippen molar-refractivity contribution in [1.82, 2.24) is 4.72 Å². The van der Waals surface area contributed by atoms with Gasteiger partial charge in [0.15, 0.2) is 0 Å². The highest BCUT2D eigenvalue weighted by Crippen LogP contribution is 2.47. The Morgan fingerprint density at radius 1 is 0.729 bits per heavy atom. The monoisotopic (exact) mass is 1010 g/mol. The predicted octanol–water partition coefficient (Wildman–Crippen LogP) is 10.5. The molecule has 6 rings (SSSR count). The Labute approximate surface area is 413 Å². The van der Waals surface area contributed by atoms with Crippen LogP contribution >= 0.6 is 0 Å². The molecular weight excluding hydrogens is 953 g/mol. The fourth-order valence-electron chi connectivity index (χ4n) is 8.68. The lowest BCUT2D eigenvalue weighted by atomic mass is 9.91. The Bertz CT molecular complexity index is 3410. The number of carbonyl (C=O) groups excluding carboxylic acids is 2. The molecule has 4 aromatic rings. The maximum Gasteiger partial charge on any atom is 0.295 e. The lowest BCUT2D eigenvalue weighted by molar-refractivity contribution is -0.118. The first-order valence-electron chi connectivity index (χ1n) is 22.4. The number of hydrogen-bond donors (Lipinski definition) is 6. The molecule has 2 aliphatic rings. The SMILES string of the molecule is CNS(=O)(=O)c1cc2c(-c3ccccc3S(=O)(=O)O)c3cc(N(C)S(=O)O)c(Nc4c(C)cc(C)c(NC(=O)CC(C)(C)C)c4C)cc3oc-2cc1=Nc1c(C)cc(C)c(NC(=O)CC(C)(C)C)c1C. The molecule has 19 heteroatoms. The van der Waals surface area contributed by atoms with Gasteiger partial charge in [-0.05, 0) is 111 Å². The summed E-state index contributed by atoms with van der Waals surface area (Å²) in [5, 5.41) is 9.64. The van der Waals surface area contributed by atoms with Gasteiger partial charge in [0.05, 0.1) is 22.4 Å². The van der Waals surface area contributed by atoms with Gasteiger partial charge in [0.2, 0.25) is 21.8 Å². The Balaban J connectivity index is 1.74. The van der Waals surface area contributed by atoms with Crippen molar-refractivity contribution >= 4 is 88.3 Å². The molecule has 374 valence electrons. The van der Waals surface area contributed by atoms with Crippen LogP contribution < -0.4 is 30.3 Å². The number of fused-ring (bicyclic) bond motifs is 2. The number of nitrogens with zero attached hydrogens (tertiary/aromatic N) is 2. The molecule has 1 unspecified atom stereocenters. The standard InChI is InChI=1S/C51H62N6O10S3/c1-27-19-29(3)48(55-43(58)25-50(7,8)9)31(5)46(27)53-36-23-39-34(21-38(36)57(14)68(60)61)45(33-17-15-16-18-41(33)70(64,65)66)35-22-42(69(62,63)52-13)37(24-40(35)67-39)54-47-28(2)20-30(4)49(32(47)6)56-44(59)26-51(10,11)12/h15-24,52-53H,25-26H2,1-14H3,(H,55,58)(H,56,59)(H,60,61)(H,64,65,66). The summed E-state index contributed by atoms with van der Waals surface area (Å²) in [4.78, 5) is 30.6. The van der Waals surface area contributed by atoms with Gasteiger partial charge in [-0.1, -0.05) is 71.9 Å². The van der Waals surface area contributed by atoms with E-state index >= 15 is 0 Å². The summed E-state index contributed by atoms with van der Waals surface area (Å²) in [6, 6.07) is 15.2. The Kier molecular flexibility index (Phi) is 15.0. The predicted molar refractivity (Wildman–Crippen MR) is 279 cm³/mol. The lowest BCUT2D eigenvalue weighted by Gasteiger charge is -2.25. The van der Waals surface area contributed by atoms with Crippen LogP contribution in [0.15, 0.2) is 79.9 Å². The Morgan fingerprint density at radius 3 is 1.81 bits per heavy atom. The maximum absolute atomic E-state index is 14.1. The summed E-state index contributed by atoms with van der Waals surface area (Å²) in [6.45, 7) is 22.8. The zero-order chi connectivity index (χ0) is 52.2. The van der Waals surface area contributed by atoms with Crippen LogP contribution in [0.25, 0.3) is 33.4 Å². The van der Waals surface area contributed by atoms with E-state index in [1.54, 1.807) is 19.1 Å². The molecule has 1 aliphatic carbocycles. The number of rotatable bonds is 13. The number of hydrogen-bond acceptors (Lipinski definition) is 10. The van der Waals surface area contributed by atoms with E-state index in [0.717, 1.165) is 21.0 Å². The third-order valence-electron chi connectivity index (χ3n) is 11.8. The number of aryl methyl sites for hydroxylation is 4. The molecule has 0 saturated heterocycles. The second kappa shape index (κ2) is 19.7. The number of sulfonamides is 1. The van der Waals surface area contributed by atoms with Gasteiger partial charge in [0.25, 0.3) is 21.4 Å². The van der Waals surface area contributed by atoms with Crippen LogP contribution in [0.4, 0.5) is 34.1 Å². The van der Waals surface area contributed by atoms with Crippen molar-refractivity contribution < 1.29 is 44.2 Å². The molecule has 0 saturated carbocycles. The normalized spacial score (nSPS) is 13.2. The zero-order valence-electron chi connectivity index (χ0n) is 42.0. The molecule has 1 heterocycles. The summed E-state index contributed by atoms with van der Waals surface area (Å²) in [5.41, 5.74) is 6.50. The van der Waals surface area contributed by atoms with Gasteiger partial charge in [0, 0.05) is 71.2 Å². The quantitative estimate of drug-likeness (QED) is 0.0361. The van der Waals surface area contributed by atoms with Crippen molar-refractivity contribution in [3.63, 3.8) is 0 Å². The van der Waals surface area contributed by atoms with Gasteiger partial charge in [-0.15, -0.1) is 0 Å². The third-order valence-corrected chi connectivity index (χ3v) is 14.8. The smallest absolute Gasteiger partial charge is 0.295 e. The van der Waals surface area contributed by atoms with E-state index in [4.69, 9.17) is 9.41 Å². The van der Waals surface area contributed by atoms with Crippen LogP contribution in [0.2, 0.25) is 0 Å². The van der Waals surface area contributed by atoms with Crippen molar-refractivity contribution in [2.45, 2.75) is 106 Å². The van der Waals surface area contributed by atoms with Crippen molar-refractivity contribution in [3.05, 3.63) is 99.4 Å². The van der Waals surface area contributed by atoms with Gasteiger partial charge in [-0.25, -0.2) is 22.3 Å². The minimum absolute atomic E-state index is 0.0329. The summed E-state index contributed by atoms with van der Waals surface area (Å²) >= 11 is -2.61. The molecule has 0 radical (unpaired) electrons. The first kappa shape index (κ1) is 53.4. The molecule has 4 aromatic carbocycles. The second-order valence-corrected chi connectivity index (χ2v) is 24.4. The Hall–Kier alpha value is -5.96. The van der Waals surface area contributed by atoms with Gasteiger partial charge in [0.1, 0.15) is 21.1 Å². The summed E-state index contributed by atoms with van der Waals surface area (Å²) in [7, 11) is -6.67. The molecule has 2 amide bonds. The highest BCUT2D eigenvalue weighted by Gasteiger charge is 2.29. The molecule has 1 aliphatic heterocycles. The number of amides is 2. The van der Waals surface area contributed by atoms with Crippen molar-refractivity contribution in [2.75, 3.05) is 34.4 Å². The molecule has 0 fully saturated rings.